The normalized spacial score (nSPS) is 25.8. The van der Waals surface area contributed by atoms with Crippen LogP contribution in [0.1, 0.15) is 53.2 Å². The van der Waals surface area contributed by atoms with Crippen molar-refractivity contribution in [2.45, 2.75) is 64.1 Å². The van der Waals surface area contributed by atoms with Gasteiger partial charge in [0.05, 0.1) is 11.2 Å². The Morgan fingerprint density at radius 2 is 1.65 bits per heavy atom. The molecule has 1 saturated heterocycles. The molecule has 2 heterocycles. The number of rotatable bonds is 2. The summed E-state index contributed by atoms with van der Waals surface area (Å²) in [6, 6.07) is 1.55. The molecule has 108 valence electrons. The third-order valence-electron chi connectivity index (χ3n) is 5.09. The highest BCUT2D eigenvalue weighted by atomic mass is 16.7. The van der Waals surface area contributed by atoms with Crippen molar-refractivity contribution in [2.75, 3.05) is 0 Å². The van der Waals surface area contributed by atoms with Gasteiger partial charge in [0.25, 0.3) is 0 Å². The fourth-order valence-electron chi connectivity index (χ4n) is 2.62. The van der Waals surface area contributed by atoms with Crippen molar-refractivity contribution >= 4 is 12.6 Å². The van der Waals surface area contributed by atoms with Crippen LogP contribution < -0.4 is 10.9 Å². The van der Waals surface area contributed by atoms with Gasteiger partial charge in [0.1, 0.15) is 0 Å². The van der Waals surface area contributed by atoms with Gasteiger partial charge in [-0.15, -0.1) is 0 Å². The lowest BCUT2D eigenvalue weighted by atomic mass is 9.74. The molecule has 0 bridgehead atoms. The molecule has 1 aliphatic carbocycles. The van der Waals surface area contributed by atoms with Crippen LogP contribution in [0.15, 0.2) is 17.1 Å². The quantitative estimate of drug-likeness (QED) is 0.836. The average molecular weight is 275 g/mol. The van der Waals surface area contributed by atoms with Crippen molar-refractivity contribution in [2.24, 2.45) is 0 Å². The van der Waals surface area contributed by atoms with Crippen molar-refractivity contribution in [1.29, 1.82) is 0 Å². The zero-order valence-electron chi connectivity index (χ0n) is 12.9. The molecular formula is C15H22BNO3. The molecule has 2 fully saturated rings. The molecule has 1 saturated carbocycles. The Kier molecular flexibility index (Phi) is 2.77. The number of H-pyrrole nitrogens is 1. The van der Waals surface area contributed by atoms with Crippen molar-refractivity contribution in [3.63, 3.8) is 0 Å². The second kappa shape index (κ2) is 3.98. The van der Waals surface area contributed by atoms with Crippen molar-refractivity contribution < 1.29 is 9.31 Å². The highest BCUT2D eigenvalue weighted by molar-refractivity contribution is 6.62. The molecule has 4 nitrogen and oxygen atoms in total. The Bertz CT molecular complexity index is 585. The fraction of sp³-hybridized carbons (Fsp3) is 0.667. The predicted octanol–water partition coefficient (Wildman–Crippen LogP) is 1.73. The Hall–Kier alpha value is -1.07. The van der Waals surface area contributed by atoms with Gasteiger partial charge in [-0.2, -0.15) is 0 Å². The molecule has 0 radical (unpaired) electrons. The third kappa shape index (κ3) is 1.95. The lowest BCUT2D eigenvalue weighted by Crippen LogP contribution is -2.47. The lowest BCUT2D eigenvalue weighted by Gasteiger charge is -2.32. The second-order valence-electron chi connectivity index (χ2n) is 7.28. The van der Waals surface area contributed by atoms with E-state index in [0.29, 0.717) is 5.46 Å². The molecule has 2 aliphatic rings. The number of aromatic nitrogens is 1. The van der Waals surface area contributed by atoms with E-state index in [1.54, 1.807) is 12.3 Å². The molecule has 0 spiro atoms. The van der Waals surface area contributed by atoms with Crippen LogP contribution in [0.2, 0.25) is 0 Å². The molecule has 1 N–H and O–H groups in total. The molecule has 0 aromatic carbocycles. The fourth-order valence-corrected chi connectivity index (χ4v) is 2.62. The van der Waals surface area contributed by atoms with Gasteiger partial charge < -0.3 is 14.3 Å². The molecule has 1 aromatic heterocycles. The van der Waals surface area contributed by atoms with Crippen LogP contribution in [0.25, 0.3) is 0 Å². The summed E-state index contributed by atoms with van der Waals surface area (Å²) >= 11 is 0. The predicted molar refractivity (Wildman–Crippen MR) is 79.4 cm³/mol. The Labute approximate surface area is 120 Å². The van der Waals surface area contributed by atoms with Crippen LogP contribution in [-0.2, 0) is 14.7 Å². The number of nitrogens with one attached hydrogen (secondary N) is 1. The first-order chi connectivity index (χ1) is 9.16. The van der Waals surface area contributed by atoms with Gasteiger partial charge in [-0.1, -0.05) is 6.92 Å². The van der Waals surface area contributed by atoms with Crippen molar-refractivity contribution in [1.82, 2.24) is 4.98 Å². The van der Waals surface area contributed by atoms with Crippen LogP contribution in [0, 0.1) is 0 Å². The van der Waals surface area contributed by atoms with E-state index in [0.717, 1.165) is 18.5 Å². The SMILES string of the molecule is CC1(c2[nH]ccc(=O)c2B2OC(C)(C)C(C)(C)O2)CC1. The average Bonchev–Trinajstić information content (AvgIpc) is 3.01. The first-order valence-corrected chi connectivity index (χ1v) is 7.24. The van der Waals surface area contributed by atoms with Gasteiger partial charge in [-0.25, -0.2) is 0 Å². The van der Waals surface area contributed by atoms with E-state index in [1.165, 1.54) is 0 Å². The number of aromatic amines is 1. The maximum absolute atomic E-state index is 12.3. The number of hydrogen-bond acceptors (Lipinski definition) is 3. The van der Waals surface area contributed by atoms with E-state index < -0.39 is 18.3 Å². The maximum atomic E-state index is 12.3. The molecule has 5 heteroatoms. The van der Waals surface area contributed by atoms with Crippen LogP contribution in [-0.4, -0.2) is 23.3 Å². The Morgan fingerprint density at radius 3 is 2.15 bits per heavy atom. The molecule has 3 rings (SSSR count). The van der Waals surface area contributed by atoms with Crippen LogP contribution >= 0.6 is 0 Å². The highest BCUT2D eigenvalue weighted by Gasteiger charge is 2.54. The smallest absolute Gasteiger partial charge is 0.399 e. The molecule has 1 aliphatic heterocycles. The summed E-state index contributed by atoms with van der Waals surface area (Å²) in [5.41, 5.74) is 0.822. The standard InChI is InChI=1S/C15H22BNO3/c1-13(2)14(3,4)20-16(19-13)11-10(18)6-9-17-12(11)15(5)7-8-15/h6,9H,7-8H2,1-5H3,(H,17,18). The van der Waals surface area contributed by atoms with E-state index in [9.17, 15) is 4.79 Å². The van der Waals surface area contributed by atoms with Crippen LogP contribution in [0.4, 0.5) is 0 Å². The summed E-state index contributed by atoms with van der Waals surface area (Å²) in [5.74, 6) is 0. The molecular weight excluding hydrogens is 253 g/mol. The van der Waals surface area contributed by atoms with Crippen LogP contribution in [0.3, 0.4) is 0 Å². The van der Waals surface area contributed by atoms with Gasteiger partial charge in [-0.3, -0.25) is 4.79 Å². The van der Waals surface area contributed by atoms with Crippen LogP contribution in [0.5, 0.6) is 0 Å². The molecule has 1 aromatic rings. The first-order valence-electron chi connectivity index (χ1n) is 7.24. The zero-order chi connectivity index (χ0) is 14.8. The minimum Gasteiger partial charge on any atom is -0.399 e. The lowest BCUT2D eigenvalue weighted by molar-refractivity contribution is 0.00578. The summed E-state index contributed by atoms with van der Waals surface area (Å²) < 4.78 is 12.1. The maximum Gasteiger partial charge on any atom is 0.500 e. The molecule has 0 atom stereocenters. The monoisotopic (exact) mass is 275 g/mol. The summed E-state index contributed by atoms with van der Waals surface area (Å²) in [6.45, 7) is 10.2. The second-order valence-corrected chi connectivity index (χ2v) is 7.28. The largest absolute Gasteiger partial charge is 0.500 e. The van der Waals surface area contributed by atoms with Gasteiger partial charge in [-0.05, 0) is 40.5 Å². The van der Waals surface area contributed by atoms with Crippen molar-refractivity contribution in [3.8, 4) is 0 Å². The summed E-state index contributed by atoms with van der Waals surface area (Å²) in [6.07, 6.45) is 3.91. The molecule has 0 amide bonds. The van der Waals surface area contributed by atoms with Crippen molar-refractivity contribution in [3.05, 3.63) is 28.2 Å². The number of pyridine rings is 1. The summed E-state index contributed by atoms with van der Waals surface area (Å²) in [4.78, 5) is 15.6. The minimum absolute atomic E-state index is 0.00891. The van der Waals surface area contributed by atoms with E-state index >= 15 is 0 Å². The minimum atomic E-state index is -0.586. The summed E-state index contributed by atoms with van der Waals surface area (Å²) in [5, 5.41) is 0. The van der Waals surface area contributed by atoms with E-state index in [2.05, 4.69) is 11.9 Å². The van der Waals surface area contributed by atoms with Gasteiger partial charge >= 0.3 is 7.12 Å². The van der Waals surface area contributed by atoms with Gasteiger partial charge in [0, 0.05) is 28.8 Å². The molecule has 0 unspecified atom stereocenters. The zero-order valence-corrected chi connectivity index (χ0v) is 12.9. The topological polar surface area (TPSA) is 51.3 Å². The summed E-state index contributed by atoms with van der Waals surface area (Å²) in [7, 11) is -0.586. The molecule has 20 heavy (non-hydrogen) atoms. The third-order valence-corrected chi connectivity index (χ3v) is 5.09. The Morgan fingerprint density at radius 1 is 1.10 bits per heavy atom. The van der Waals surface area contributed by atoms with Gasteiger partial charge in [0.15, 0.2) is 5.43 Å². The number of hydrogen-bond donors (Lipinski definition) is 1. The van der Waals surface area contributed by atoms with E-state index in [-0.39, 0.29) is 10.8 Å². The highest BCUT2D eigenvalue weighted by Crippen LogP contribution is 2.46. The Balaban J connectivity index is 2.06. The first kappa shape index (κ1) is 13.9. The van der Waals surface area contributed by atoms with E-state index in [4.69, 9.17) is 9.31 Å². The van der Waals surface area contributed by atoms with E-state index in [1.807, 2.05) is 27.7 Å². The van der Waals surface area contributed by atoms with Gasteiger partial charge in [0.2, 0.25) is 0 Å².